The van der Waals surface area contributed by atoms with Crippen molar-refractivity contribution in [3.8, 4) is 5.75 Å². The molecule has 0 aliphatic carbocycles. The third-order valence-corrected chi connectivity index (χ3v) is 4.12. The zero-order valence-electron chi connectivity index (χ0n) is 14.7. The monoisotopic (exact) mass is 398 g/mol. The van der Waals surface area contributed by atoms with Crippen molar-refractivity contribution < 1.29 is 14.5 Å². The predicted molar refractivity (Wildman–Crippen MR) is 106 cm³/mol. The van der Waals surface area contributed by atoms with Crippen molar-refractivity contribution in [2.75, 3.05) is 0 Å². The van der Waals surface area contributed by atoms with Crippen LogP contribution in [0, 0.1) is 10.1 Å². The Hall–Kier alpha value is -3.52. The van der Waals surface area contributed by atoms with Gasteiger partial charge in [0.05, 0.1) is 16.7 Å². The smallest absolute Gasteiger partial charge is 0.310 e. The SMILES string of the molecule is C[C@H](Oc1ccccc1[N+](=O)[O-])C(=O)N/N=C\c1cc2ccccc2nc1Cl. The number of para-hydroxylation sites is 3. The number of nitro groups is 1. The molecule has 1 atom stereocenters. The number of amides is 1. The quantitative estimate of drug-likeness (QED) is 0.295. The van der Waals surface area contributed by atoms with Gasteiger partial charge in [-0.25, -0.2) is 10.4 Å². The van der Waals surface area contributed by atoms with Gasteiger partial charge in [-0.3, -0.25) is 14.9 Å². The first kappa shape index (κ1) is 19.2. The van der Waals surface area contributed by atoms with Gasteiger partial charge in [-0.15, -0.1) is 0 Å². The third kappa shape index (κ3) is 4.41. The lowest BCUT2D eigenvalue weighted by molar-refractivity contribution is -0.386. The number of hydrogen-bond acceptors (Lipinski definition) is 6. The molecule has 0 saturated heterocycles. The lowest BCUT2D eigenvalue weighted by atomic mass is 10.2. The van der Waals surface area contributed by atoms with Crippen LogP contribution in [0.4, 0.5) is 5.69 Å². The Morgan fingerprint density at radius 2 is 2.00 bits per heavy atom. The zero-order valence-corrected chi connectivity index (χ0v) is 15.5. The number of ether oxygens (including phenoxy) is 1. The normalized spacial score (nSPS) is 12.1. The highest BCUT2D eigenvalue weighted by Crippen LogP contribution is 2.26. The minimum atomic E-state index is -0.997. The number of nitro benzene ring substituents is 1. The average molecular weight is 399 g/mol. The van der Waals surface area contributed by atoms with Crippen LogP contribution in [-0.4, -0.2) is 28.1 Å². The maximum absolute atomic E-state index is 12.1. The van der Waals surface area contributed by atoms with E-state index in [-0.39, 0.29) is 16.6 Å². The number of pyridine rings is 1. The summed E-state index contributed by atoms with van der Waals surface area (Å²) in [6, 6.07) is 15.1. The van der Waals surface area contributed by atoms with E-state index in [1.54, 1.807) is 12.1 Å². The molecular weight excluding hydrogens is 384 g/mol. The van der Waals surface area contributed by atoms with Crippen LogP contribution < -0.4 is 10.2 Å². The Kier molecular flexibility index (Phi) is 5.81. The first-order valence-corrected chi connectivity index (χ1v) is 8.62. The Labute approximate surface area is 164 Å². The topological polar surface area (TPSA) is 107 Å². The molecule has 0 aliphatic rings. The van der Waals surface area contributed by atoms with Crippen LogP contribution in [0.3, 0.4) is 0 Å². The maximum Gasteiger partial charge on any atom is 0.310 e. The van der Waals surface area contributed by atoms with E-state index in [0.29, 0.717) is 5.56 Å². The van der Waals surface area contributed by atoms with E-state index < -0.39 is 16.9 Å². The van der Waals surface area contributed by atoms with E-state index in [1.165, 1.54) is 31.3 Å². The molecule has 0 aliphatic heterocycles. The van der Waals surface area contributed by atoms with Gasteiger partial charge in [0.25, 0.3) is 5.91 Å². The van der Waals surface area contributed by atoms with Crippen LogP contribution in [0.2, 0.25) is 5.15 Å². The van der Waals surface area contributed by atoms with E-state index in [2.05, 4.69) is 15.5 Å². The van der Waals surface area contributed by atoms with Crippen LogP contribution >= 0.6 is 11.6 Å². The molecular formula is C19H15ClN4O4. The van der Waals surface area contributed by atoms with Gasteiger partial charge in [0.15, 0.2) is 11.9 Å². The number of rotatable bonds is 6. The number of hydrazone groups is 1. The van der Waals surface area contributed by atoms with E-state index in [0.717, 1.165) is 10.9 Å². The lowest BCUT2D eigenvalue weighted by Crippen LogP contribution is -2.33. The highest BCUT2D eigenvalue weighted by molar-refractivity contribution is 6.32. The Bertz CT molecular complexity index is 1070. The van der Waals surface area contributed by atoms with Gasteiger partial charge < -0.3 is 4.74 Å². The third-order valence-electron chi connectivity index (χ3n) is 3.82. The molecule has 1 heterocycles. The van der Waals surface area contributed by atoms with E-state index in [1.807, 2.05) is 24.3 Å². The highest BCUT2D eigenvalue weighted by Gasteiger charge is 2.20. The maximum atomic E-state index is 12.1. The first-order valence-electron chi connectivity index (χ1n) is 8.24. The van der Waals surface area contributed by atoms with Crippen molar-refractivity contribution >= 4 is 40.3 Å². The summed E-state index contributed by atoms with van der Waals surface area (Å²) < 4.78 is 5.39. The number of aromatic nitrogens is 1. The minimum Gasteiger partial charge on any atom is -0.474 e. The van der Waals surface area contributed by atoms with E-state index >= 15 is 0 Å². The number of carbonyl (C=O) groups is 1. The average Bonchev–Trinajstić information content (AvgIpc) is 2.68. The van der Waals surface area contributed by atoms with Crippen molar-refractivity contribution in [3.63, 3.8) is 0 Å². The molecule has 0 spiro atoms. The van der Waals surface area contributed by atoms with Crippen molar-refractivity contribution in [1.29, 1.82) is 0 Å². The second kappa shape index (κ2) is 8.45. The number of nitrogens with zero attached hydrogens (tertiary/aromatic N) is 3. The molecule has 0 radical (unpaired) electrons. The van der Waals surface area contributed by atoms with Crippen LogP contribution in [-0.2, 0) is 4.79 Å². The van der Waals surface area contributed by atoms with Gasteiger partial charge in [-0.2, -0.15) is 5.10 Å². The molecule has 0 fully saturated rings. The summed E-state index contributed by atoms with van der Waals surface area (Å²) in [5.41, 5.74) is 3.39. The molecule has 2 aromatic carbocycles. The van der Waals surface area contributed by atoms with Gasteiger partial charge in [0.2, 0.25) is 0 Å². The summed E-state index contributed by atoms with van der Waals surface area (Å²) in [4.78, 5) is 26.8. The molecule has 0 bridgehead atoms. The molecule has 1 amide bonds. The second-order valence-corrected chi connectivity index (χ2v) is 6.14. The van der Waals surface area contributed by atoms with Crippen LogP contribution in [0.5, 0.6) is 5.75 Å². The number of hydrogen-bond donors (Lipinski definition) is 1. The van der Waals surface area contributed by atoms with Gasteiger partial charge >= 0.3 is 5.69 Å². The number of benzene rings is 2. The standard InChI is InChI=1S/C19H15ClN4O4/c1-12(28-17-9-5-4-8-16(17)24(26)27)19(25)23-21-11-14-10-13-6-2-3-7-15(13)22-18(14)20/h2-12H,1H3,(H,23,25)/b21-11-/t12-/m0/s1. The van der Waals surface area contributed by atoms with Gasteiger partial charge in [-0.05, 0) is 25.1 Å². The summed E-state index contributed by atoms with van der Waals surface area (Å²) in [5.74, 6) is -0.569. The van der Waals surface area contributed by atoms with Gasteiger partial charge in [-0.1, -0.05) is 41.9 Å². The van der Waals surface area contributed by atoms with Crippen LogP contribution in [0.15, 0.2) is 59.7 Å². The minimum absolute atomic E-state index is 0.000836. The number of carbonyl (C=O) groups excluding carboxylic acids is 1. The Morgan fingerprint density at radius 3 is 2.79 bits per heavy atom. The Balaban J connectivity index is 1.67. The first-order chi connectivity index (χ1) is 13.5. The van der Waals surface area contributed by atoms with Crippen LogP contribution in [0.1, 0.15) is 12.5 Å². The molecule has 0 unspecified atom stereocenters. The largest absolute Gasteiger partial charge is 0.474 e. The van der Waals surface area contributed by atoms with Crippen LogP contribution in [0.25, 0.3) is 10.9 Å². The molecule has 28 heavy (non-hydrogen) atoms. The fourth-order valence-electron chi connectivity index (χ4n) is 2.41. The van der Waals surface area contributed by atoms with Crippen molar-refractivity contribution in [2.24, 2.45) is 5.10 Å². The lowest BCUT2D eigenvalue weighted by Gasteiger charge is -2.12. The molecule has 0 saturated carbocycles. The molecule has 3 aromatic rings. The molecule has 9 heteroatoms. The summed E-state index contributed by atoms with van der Waals surface area (Å²) in [6.07, 6.45) is 0.376. The fraction of sp³-hybridized carbons (Fsp3) is 0.105. The number of halogens is 1. The molecule has 3 rings (SSSR count). The van der Waals surface area contributed by atoms with E-state index in [9.17, 15) is 14.9 Å². The van der Waals surface area contributed by atoms with Gasteiger partial charge in [0, 0.05) is 17.0 Å². The zero-order chi connectivity index (χ0) is 20.1. The van der Waals surface area contributed by atoms with Crippen molar-refractivity contribution in [2.45, 2.75) is 13.0 Å². The van der Waals surface area contributed by atoms with Crippen molar-refractivity contribution in [1.82, 2.24) is 10.4 Å². The Morgan fingerprint density at radius 1 is 1.29 bits per heavy atom. The number of fused-ring (bicyclic) bond motifs is 1. The fourth-order valence-corrected chi connectivity index (χ4v) is 2.60. The summed E-state index contributed by atoms with van der Waals surface area (Å²) in [7, 11) is 0. The number of nitrogens with one attached hydrogen (secondary N) is 1. The summed E-state index contributed by atoms with van der Waals surface area (Å²) in [6.45, 7) is 1.46. The van der Waals surface area contributed by atoms with Gasteiger partial charge in [0.1, 0.15) is 5.15 Å². The second-order valence-electron chi connectivity index (χ2n) is 5.78. The molecule has 8 nitrogen and oxygen atoms in total. The van der Waals surface area contributed by atoms with E-state index in [4.69, 9.17) is 16.3 Å². The highest BCUT2D eigenvalue weighted by atomic mass is 35.5. The molecule has 1 aromatic heterocycles. The molecule has 1 N–H and O–H groups in total. The summed E-state index contributed by atoms with van der Waals surface area (Å²) in [5, 5.41) is 16.0. The molecule has 142 valence electrons. The predicted octanol–water partition coefficient (Wildman–Crippen LogP) is 3.71. The summed E-state index contributed by atoms with van der Waals surface area (Å²) >= 11 is 6.13. The van der Waals surface area contributed by atoms with Crippen molar-refractivity contribution in [3.05, 3.63) is 75.4 Å².